The maximum absolute atomic E-state index is 2.46. The topological polar surface area (TPSA) is 3.24 Å². The van der Waals surface area contributed by atoms with Gasteiger partial charge in [-0.25, -0.2) is 0 Å². The lowest BCUT2D eigenvalue weighted by atomic mass is 9.67. The highest BCUT2D eigenvalue weighted by molar-refractivity contribution is 5.90. The molecule has 0 aromatic heterocycles. The van der Waals surface area contributed by atoms with Gasteiger partial charge in [-0.2, -0.15) is 0 Å². The summed E-state index contributed by atoms with van der Waals surface area (Å²) in [5.41, 5.74) is 26.3. The highest BCUT2D eigenvalue weighted by Crippen LogP contribution is 2.57. The van der Waals surface area contributed by atoms with E-state index in [1.807, 2.05) is 0 Å². The summed E-state index contributed by atoms with van der Waals surface area (Å²) in [6.07, 6.45) is 0. The van der Waals surface area contributed by atoms with Gasteiger partial charge in [0.15, 0.2) is 0 Å². The average Bonchev–Trinajstić information content (AvgIpc) is 3.91. The Bertz CT molecular complexity index is 3560. The van der Waals surface area contributed by atoms with Crippen LogP contribution in [0, 0.1) is 0 Å². The first-order valence-electron chi connectivity index (χ1n) is 24.1. The van der Waals surface area contributed by atoms with E-state index in [2.05, 4.69) is 269 Å². The van der Waals surface area contributed by atoms with Crippen molar-refractivity contribution in [2.24, 2.45) is 0 Å². The number of benzene rings is 10. The zero-order valence-electron chi connectivity index (χ0n) is 39.0. The molecule has 0 saturated carbocycles. The molecule has 3 aliphatic rings. The van der Waals surface area contributed by atoms with Crippen LogP contribution in [0.5, 0.6) is 0 Å². The van der Waals surface area contributed by atoms with Crippen molar-refractivity contribution >= 4 is 17.1 Å². The molecule has 0 heterocycles. The molecule has 0 amide bonds. The van der Waals surface area contributed by atoms with Gasteiger partial charge in [-0.1, -0.05) is 216 Å². The van der Waals surface area contributed by atoms with Gasteiger partial charge in [-0.05, 0) is 149 Å². The fourth-order valence-corrected chi connectivity index (χ4v) is 12.4. The van der Waals surface area contributed by atoms with Crippen LogP contribution in [0.3, 0.4) is 0 Å². The van der Waals surface area contributed by atoms with E-state index in [1.165, 1.54) is 100 Å². The molecule has 1 nitrogen and oxygen atoms in total. The van der Waals surface area contributed by atoms with Crippen LogP contribution in [0.15, 0.2) is 237 Å². The van der Waals surface area contributed by atoms with E-state index in [4.69, 9.17) is 0 Å². The van der Waals surface area contributed by atoms with Crippen molar-refractivity contribution in [2.45, 2.75) is 43.9 Å². The molecular formula is C67H51N. The Kier molecular flexibility index (Phi) is 8.89. The molecule has 0 N–H and O–H groups in total. The fraction of sp³-hybridized carbons (Fsp3) is 0.104. The van der Waals surface area contributed by atoms with Gasteiger partial charge in [0.2, 0.25) is 0 Å². The second kappa shape index (κ2) is 15.0. The van der Waals surface area contributed by atoms with Crippen molar-refractivity contribution < 1.29 is 0 Å². The smallest absolute Gasteiger partial charge is 0.0713 e. The van der Waals surface area contributed by atoms with Crippen LogP contribution >= 0.6 is 0 Å². The lowest BCUT2D eigenvalue weighted by molar-refractivity contribution is 0.660. The number of rotatable bonds is 7. The molecule has 10 aromatic carbocycles. The summed E-state index contributed by atoms with van der Waals surface area (Å²) in [4.78, 5) is 2.44. The van der Waals surface area contributed by atoms with Crippen LogP contribution in [-0.2, 0) is 16.2 Å². The van der Waals surface area contributed by atoms with Crippen molar-refractivity contribution in [1.29, 1.82) is 0 Å². The van der Waals surface area contributed by atoms with Crippen LogP contribution in [0.1, 0.15) is 72.2 Å². The van der Waals surface area contributed by atoms with Crippen molar-refractivity contribution in [2.75, 3.05) is 4.90 Å². The van der Waals surface area contributed by atoms with Gasteiger partial charge in [-0.15, -0.1) is 0 Å². The summed E-state index contributed by atoms with van der Waals surface area (Å²) < 4.78 is 0. The molecule has 0 atom stereocenters. The summed E-state index contributed by atoms with van der Waals surface area (Å²) in [7, 11) is 0. The Morgan fingerprint density at radius 2 is 0.588 bits per heavy atom. The molecular weight excluding hydrogens is 819 g/mol. The Hall–Kier alpha value is -8.00. The van der Waals surface area contributed by atoms with E-state index in [1.54, 1.807) is 0 Å². The molecule has 13 rings (SSSR count). The third kappa shape index (κ3) is 5.82. The molecule has 0 fully saturated rings. The highest BCUT2D eigenvalue weighted by atomic mass is 15.1. The second-order valence-electron chi connectivity index (χ2n) is 20.0. The lowest BCUT2D eigenvalue weighted by Crippen LogP contribution is -2.28. The van der Waals surface area contributed by atoms with Crippen molar-refractivity contribution in [1.82, 2.24) is 0 Å². The average molecular weight is 870 g/mol. The van der Waals surface area contributed by atoms with Gasteiger partial charge in [-0.3, -0.25) is 0 Å². The number of hydrogen-bond acceptors (Lipinski definition) is 1. The monoisotopic (exact) mass is 869 g/mol. The Morgan fingerprint density at radius 3 is 1.09 bits per heavy atom. The Balaban J connectivity index is 0.914. The summed E-state index contributed by atoms with van der Waals surface area (Å²) in [5, 5.41) is 0. The molecule has 0 spiro atoms. The number of anilines is 3. The first-order chi connectivity index (χ1) is 33.2. The highest BCUT2D eigenvalue weighted by Gasteiger charge is 2.46. The van der Waals surface area contributed by atoms with Gasteiger partial charge in [0.25, 0.3) is 0 Å². The number of fused-ring (bicyclic) bond motifs is 9. The molecule has 0 aliphatic heterocycles. The maximum Gasteiger partial charge on any atom is 0.0713 e. The molecule has 68 heavy (non-hydrogen) atoms. The van der Waals surface area contributed by atoms with Crippen LogP contribution in [-0.4, -0.2) is 0 Å². The quantitative estimate of drug-likeness (QED) is 0.154. The largest absolute Gasteiger partial charge is 0.310 e. The van der Waals surface area contributed by atoms with Gasteiger partial charge in [0.1, 0.15) is 0 Å². The van der Waals surface area contributed by atoms with Crippen molar-refractivity contribution in [3.63, 3.8) is 0 Å². The van der Waals surface area contributed by atoms with Gasteiger partial charge >= 0.3 is 0 Å². The van der Waals surface area contributed by atoms with E-state index in [9.17, 15) is 0 Å². The van der Waals surface area contributed by atoms with Gasteiger partial charge < -0.3 is 4.90 Å². The standard InChI is InChI=1S/C67H51N/c1-65(2)59-24-14-11-21-53(59)56-38-31-46(41-62(56)65)44-27-33-50(34-28-44)68(52-37-40-57-54-22-12-15-25-60(54)66(3,4)63(57)43-52)51-35-29-45(30-36-51)47-32-39-58-55-23-13-16-26-61(55)67(64(58)42-47,48-17-7-5-8-18-48)49-19-9-6-10-20-49/h5-43H,1-4H3. The minimum absolute atomic E-state index is 0.0520. The molecule has 0 unspecified atom stereocenters. The minimum Gasteiger partial charge on any atom is -0.310 e. The van der Waals surface area contributed by atoms with Crippen molar-refractivity contribution in [3.8, 4) is 55.6 Å². The second-order valence-corrected chi connectivity index (χ2v) is 20.0. The molecule has 0 radical (unpaired) electrons. The molecule has 0 bridgehead atoms. The predicted octanol–water partition coefficient (Wildman–Crippen LogP) is 17.5. The van der Waals surface area contributed by atoms with Gasteiger partial charge in [0, 0.05) is 27.9 Å². The number of nitrogens with zero attached hydrogens (tertiary/aromatic N) is 1. The zero-order chi connectivity index (χ0) is 45.8. The molecule has 1 heteroatoms. The Labute approximate surface area is 400 Å². The lowest BCUT2D eigenvalue weighted by Gasteiger charge is -2.34. The molecule has 10 aromatic rings. The summed E-state index contributed by atoms with van der Waals surface area (Å²) in [6, 6.07) is 88.6. The molecule has 0 saturated heterocycles. The van der Waals surface area contributed by atoms with E-state index in [-0.39, 0.29) is 10.8 Å². The van der Waals surface area contributed by atoms with E-state index in [0.29, 0.717) is 0 Å². The minimum atomic E-state index is -0.449. The van der Waals surface area contributed by atoms with Crippen LogP contribution in [0.4, 0.5) is 17.1 Å². The van der Waals surface area contributed by atoms with E-state index < -0.39 is 5.41 Å². The van der Waals surface area contributed by atoms with Crippen LogP contribution in [0.2, 0.25) is 0 Å². The first-order valence-corrected chi connectivity index (χ1v) is 24.1. The third-order valence-electron chi connectivity index (χ3n) is 15.8. The van der Waals surface area contributed by atoms with E-state index >= 15 is 0 Å². The SMILES string of the molecule is CC1(C)c2ccccc2-c2ccc(-c3ccc(N(c4ccc(-c5ccc6c(c5)C(c5ccccc5)(c5ccccc5)c5ccccc5-6)cc4)c4ccc5c(c4)C(C)(C)c4ccccc4-5)cc3)cc21. The third-order valence-corrected chi connectivity index (χ3v) is 15.8. The normalized spacial score (nSPS) is 14.8. The zero-order valence-corrected chi connectivity index (χ0v) is 39.0. The first kappa shape index (κ1) is 40.3. The predicted molar refractivity (Wildman–Crippen MR) is 284 cm³/mol. The molecule has 324 valence electrons. The van der Waals surface area contributed by atoms with Gasteiger partial charge in [0.05, 0.1) is 5.41 Å². The van der Waals surface area contributed by atoms with Crippen LogP contribution < -0.4 is 4.90 Å². The number of hydrogen-bond donors (Lipinski definition) is 0. The Morgan fingerprint density at radius 1 is 0.250 bits per heavy atom. The maximum atomic E-state index is 2.46. The van der Waals surface area contributed by atoms with Crippen molar-refractivity contribution in [3.05, 3.63) is 281 Å². The van der Waals surface area contributed by atoms with E-state index in [0.717, 1.165) is 17.1 Å². The summed E-state index contributed by atoms with van der Waals surface area (Å²) >= 11 is 0. The summed E-state index contributed by atoms with van der Waals surface area (Å²) in [6.45, 7) is 9.45. The van der Waals surface area contributed by atoms with Crippen LogP contribution in [0.25, 0.3) is 55.6 Å². The molecule has 3 aliphatic carbocycles. The summed E-state index contributed by atoms with van der Waals surface area (Å²) in [5.74, 6) is 0. The fourth-order valence-electron chi connectivity index (χ4n) is 12.4.